The third kappa shape index (κ3) is 4.24. The van der Waals surface area contributed by atoms with E-state index in [9.17, 15) is 9.59 Å². The first-order chi connectivity index (χ1) is 8.99. The van der Waals surface area contributed by atoms with E-state index in [4.69, 9.17) is 11.6 Å². The molecule has 0 saturated carbocycles. The van der Waals surface area contributed by atoms with Crippen LogP contribution in [0.1, 0.15) is 29.8 Å². The third-order valence-electron chi connectivity index (χ3n) is 2.75. The van der Waals surface area contributed by atoms with Gasteiger partial charge in [0.05, 0.1) is 7.11 Å². The summed E-state index contributed by atoms with van der Waals surface area (Å²) in [4.78, 5) is 23.7. The SMILES string of the molecule is COC(=O)[C@@H](NC(=O)c1cccc(CCl)c1)C(C)C. The van der Waals surface area contributed by atoms with Crippen LogP contribution in [0.4, 0.5) is 0 Å². The second-order valence-electron chi connectivity index (χ2n) is 4.55. The molecule has 1 aromatic rings. The van der Waals surface area contributed by atoms with Gasteiger partial charge in [-0.2, -0.15) is 0 Å². The van der Waals surface area contributed by atoms with Crippen molar-refractivity contribution in [3.8, 4) is 0 Å². The van der Waals surface area contributed by atoms with E-state index in [0.29, 0.717) is 11.4 Å². The Morgan fingerprint density at radius 1 is 1.37 bits per heavy atom. The highest BCUT2D eigenvalue weighted by Crippen LogP contribution is 2.10. The summed E-state index contributed by atoms with van der Waals surface area (Å²) >= 11 is 5.73. The van der Waals surface area contributed by atoms with Crippen molar-refractivity contribution in [1.29, 1.82) is 0 Å². The van der Waals surface area contributed by atoms with Gasteiger partial charge in [-0.1, -0.05) is 26.0 Å². The zero-order valence-corrected chi connectivity index (χ0v) is 12.0. The molecule has 1 N–H and O–H groups in total. The summed E-state index contributed by atoms with van der Waals surface area (Å²) in [6.07, 6.45) is 0. The Labute approximate surface area is 118 Å². The van der Waals surface area contributed by atoms with E-state index in [1.165, 1.54) is 7.11 Å². The van der Waals surface area contributed by atoms with Crippen LogP contribution in [0, 0.1) is 5.92 Å². The molecule has 1 rings (SSSR count). The molecule has 0 fully saturated rings. The minimum Gasteiger partial charge on any atom is -0.467 e. The van der Waals surface area contributed by atoms with E-state index in [0.717, 1.165) is 5.56 Å². The van der Waals surface area contributed by atoms with Crippen LogP contribution in [0.3, 0.4) is 0 Å². The van der Waals surface area contributed by atoms with Crippen molar-refractivity contribution in [3.05, 3.63) is 35.4 Å². The summed E-state index contributed by atoms with van der Waals surface area (Å²) in [7, 11) is 1.30. The van der Waals surface area contributed by atoms with Crippen LogP contribution in [-0.4, -0.2) is 25.0 Å². The summed E-state index contributed by atoms with van der Waals surface area (Å²) in [5, 5.41) is 2.68. The molecule has 1 amide bonds. The number of hydrogen-bond acceptors (Lipinski definition) is 3. The molecule has 0 spiro atoms. The minimum absolute atomic E-state index is 0.0485. The lowest BCUT2D eigenvalue weighted by Crippen LogP contribution is -2.45. The smallest absolute Gasteiger partial charge is 0.328 e. The number of alkyl halides is 1. The highest BCUT2D eigenvalue weighted by atomic mass is 35.5. The lowest BCUT2D eigenvalue weighted by molar-refractivity contribution is -0.144. The number of hydrogen-bond donors (Lipinski definition) is 1. The fourth-order valence-electron chi connectivity index (χ4n) is 1.64. The molecule has 1 aromatic carbocycles. The number of carbonyl (C=O) groups excluding carboxylic acids is 2. The predicted octanol–water partition coefficient (Wildman–Crippen LogP) is 2.35. The molecule has 0 saturated heterocycles. The largest absolute Gasteiger partial charge is 0.467 e. The van der Waals surface area contributed by atoms with Gasteiger partial charge in [0.25, 0.3) is 5.91 Å². The number of methoxy groups -OCH3 is 1. The molecule has 0 radical (unpaired) electrons. The van der Waals surface area contributed by atoms with Gasteiger partial charge in [-0.15, -0.1) is 11.6 Å². The predicted molar refractivity (Wildman–Crippen MR) is 74.1 cm³/mol. The molecule has 0 aliphatic heterocycles. The molecular formula is C14H18ClNO3. The van der Waals surface area contributed by atoms with Gasteiger partial charge in [0.1, 0.15) is 6.04 Å². The minimum atomic E-state index is -0.655. The number of benzene rings is 1. The van der Waals surface area contributed by atoms with Crippen molar-refractivity contribution >= 4 is 23.5 Å². The molecule has 0 aliphatic rings. The lowest BCUT2D eigenvalue weighted by Gasteiger charge is -2.19. The maximum absolute atomic E-state index is 12.1. The van der Waals surface area contributed by atoms with Gasteiger partial charge < -0.3 is 10.1 Å². The topological polar surface area (TPSA) is 55.4 Å². The summed E-state index contributed by atoms with van der Waals surface area (Å²) in [6.45, 7) is 3.69. The Morgan fingerprint density at radius 2 is 2.05 bits per heavy atom. The number of ether oxygens (including phenoxy) is 1. The van der Waals surface area contributed by atoms with Crippen molar-refractivity contribution in [2.75, 3.05) is 7.11 Å². The van der Waals surface area contributed by atoms with E-state index < -0.39 is 12.0 Å². The Morgan fingerprint density at radius 3 is 2.58 bits per heavy atom. The summed E-state index contributed by atoms with van der Waals surface area (Å²) in [5.41, 5.74) is 1.33. The van der Waals surface area contributed by atoms with E-state index >= 15 is 0 Å². The van der Waals surface area contributed by atoms with E-state index in [1.54, 1.807) is 18.2 Å². The van der Waals surface area contributed by atoms with E-state index in [-0.39, 0.29) is 11.8 Å². The van der Waals surface area contributed by atoms with Gasteiger partial charge >= 0.3 is 5.97 Å². The van der Waals surface area contributed by atoms with Crippen molar-refractivity contribution in [1.82, 2.24) is 5.32 Å². The highest BCUT2D eigenvalue weighted by molar-refractivity contribution is 6.17. The molecule has 104 valence electrons. The fourth-order valence-corrected chi connectivity index (χ4v) is 1.81. The third-order valence-corrected chi connectivity index (χ3v) is 3.06. The number of nitrogens with one attached hydrogen (secondary N) is 1. The normalized spacial score (nSPS) is 12.1. The number of esters is 1. The standard InChI is InChI=1S/C14H18ClNO3/c1-9(2)12(14(18)19-3)16-13(17)11-6-4-5-10(7-11)8-15/h4-7,9,12H,8H2,1-3H3,(H,16,17)/t12-/m0/s1. The molecule has 4 nitrogen and oxygen atoms in total. The van der Waals surface area contributed by atoms with Gasteiger partial charge in [-0.25, -0.2) is 4.79 Å². The second kappa shape index (κ2) is 7.14. The van der Waals surface area contributed by atoms with E-state index in [2.05, 4.69) is 10.1 Å². The Kier molecular flexibility index (Phi) is 5.83. The zero-order valence-electron chi connectivity index (χ0n) is 11.3. The molecule has 0 unspecified atom stereocenters. The number of amides is 1. The first kappa shape index (κ1) is 15.5. The molecule has 5 heteroatoms. The van der Waals surface area contributed by atoms with Crippen LogP contribution in [-0.2, 0) is 15.4 Å². The van der Waals surface area contributed by atoms with Crippen molar-refractivity contribution in [3.63, 3.8) is 0 Å². The van der Waals surface area contributed by atoms with Crippen molar-refractivity contribution in [2.24, 2.45) is 5.92 Å². The second-order valence-corrected chi connectivity index (χ2v) is 4.82. The molecule has 0 heterocycles. The monoisotopic (exact) mass is 283 g/mol. The lowest BCUT2D eigenvalue weighted by atomic mass is 10.0. The average molecular weight is 284 g/mol. The highest BCUT2D eigenvalue weighted by Gasteiger charge is 2.25. The number of carbonyl (C=O) groups is 2. The maximum atomic E-state index is 12.1. The van der Waals surface area contributed by atoms with Crippen LogP contribution < -0.4 is 5.32 Å². The van der Waals surface area contributed by atoms with E-state index in [1.807, 2.05) is 19.9 Å². The molecule has 19 heavy (non-hydrogen) atoms. The van der Waals surface area contributed by atoms with Gasteiger partial charge in [0, 0.05) is 11.4 Å². The maximum Gasteiger partial charge on any atom is 0.328 e. The summed E-state index contributed by atoms with van der Waals surface area (Å²) in [5.74, 6) is -0.466. The Bertz CT molecular complexity index is 460. The summed E-state index contributed by atoms with van der Waals surface area (Å²) < 4.78 is 4.68. The first-order valence-corrected chi connectivity index (χ1v) is 6.56. The van der Waals surface area contributed by atoms with Gasteiger partial charge in [-0.05, 0) is 23.6 Å². The molecule has 0 bridgehead atoms. The Hall–Kier alpha value is -1.55. The van der Waals surface area contributed by atoms with Crippen LogP contribution in [0.5, 0.6) is 0 Å². The average Bonchev–Trinajstić information content (AvgIpc) is 2.43. The Balaban J connectivity index is 2.84. The van der Waals surface area contributed by atoms with Gasteiger partial charge in [-0.3, -0.25) is 4.79 Å². The van der Waals surface area contributed by atoms with Gasteiger partial charge in [0.2, 0.25) is 0 Å². The van der Waals surface area contributed by atoms with Crippen LogP contribution in [0.25, 0.3) is 0 Å². The molecule has 0 aliphatic carbocycles. The van der Waals surface area contributed by atoms with Crippen LogP contribution in [0.2, 0.25) is 0 Å². The number of rotatable bonds is 5. The first-order valence-electron chi connectivity index (χ1n) is 6.03. The number of halogens is 1. The van der Waals surface area contributed by atoms with Crippen LogP contribution >= 0.6 is 11.6 Å². The van der Waals surface area contributed by atoms with Crippen molar-refractivity contribution in [2.45, 2.75) is 25.8 Å². The summed E-state index contributed by atoms with van der Waals surface area (Å²) in [6, 6.07) is 6.33. The van der Waals surface area contributed by atoms with Crippen LogP contribution in [0.15, 0.2) is 24.3 Å². The molecule has 1 atom stereocenters. The van der Waals surface area contributed by atoms with Crippen molar-refractivity contribution < 1.29 is 14.3 Å². The molecular weight excluding hydrogens is 266 g/mol. The fraction of sp³-hybridized carbons (Fsp3) is 0.429. The molecule has 0 aromatic heterocycles. The van der Waals surface area contributed by atoms with Gasteiger partial charge in [0.15, 0.2) is 0 Å². The zero-order chi connectivity index (χ0) is 14.4. The quantitative estimate of drug-likeness (QED) is 0.667.